The molecular formula is C11H18O4. The van der Waals surface area contributed by atoms with E-state index in [4.69, 9.17) is 14.2 Å². The maximum atomic E-state index is 11.6. The van der Waals surface area contributed by atoms with Gasteiger partial charge in [0, 0.05) is 12.8 Å². The van der Waals surface area contributed by atoms with E-state index < -0.39 is 5.60 Å². The first-order chi connectivity index (χ1) is 6.93. The minimum absolute atomic E-state index is 0.139. The van der Waals surface area contributed by atoms with Gasteiger partial charge in [-0.2, -0.15) is 0 Å². The molecule has 0 radical (unpaired) electrons. The van der Waals surface area contributed by atoms with E-state index in [1.165, 1.54) is 7.11 Å². The van der Waals surface area contributed by atoms with Crippen molar-refractivity contribution in [2.45, 2.75) is 57.0 Å². The van der Waals surface area contributed by atoms with Gasteiger partial charge in [-0.15, -0.1) is 0 Å². The van der Waals surface area contributed by atoms with E-state index in [2.05, 4.69) is 0 Å². The monoisotopic (exact) mass is 214 g/mol. The van der Waals surface area contributed by atoms with Gasteiger partial charge in [-0.1, -0.05) is 0 Å². The van der Waals surface area contributed by atoms with E-state index in [-0.39, 0.29) is 23.8 Å². The zero-order chi connectivity index (χ0) is 11.3. The molecule has 2 rings (SSSR count). The SMILES string of the molecule is COC(=O)C1(C)OC12CC(C)OC(C)C2. The fourth-order valence-electron chi connectivity index (χ4n) is 2.77. The third-order valence-electron chi connectivity index (χ3n) is 3.50. The molecule has 2 saturated heterocycles. The molecule has 0 bridgehead atoms. The largest absolute Gasteiger partial charge is 0.467 e. The molecule has 3 atom stereocenters. The van der Waals surface area contributed by atoms with Crippen LogP contribution < -0.4 is 0 Å². The number of hydrogen-bond donors (Lipinski definition) is 0. The maximum Gasteiger partial charge on any atom is 0.340 e. The summed E-state index contributed by atoms with van der Waals surface area (Å²) in [6, 6.07) is 0. The van der Waals surface area contributed by atoms with Crippen LogP contribution in [0, 0.1) is 0 Å². The summed E-state index contributed by atoms with van der Waals surface area (Å²) in [5.74, 6) is -0.274. The van der Waals surface area contributed by atoms with Crippen LogP contribution in [-0.4, -0.2) is 36.5 Å². The van der Waals surface area contributed by atoms with E-state index in [0.717, 1.165) is 12.8 Å². The topological polar surface area (TPSA) is 48.1 Å². The minimum Gasteiger partial charge on any atom is -0.467 e. The molecule has 0 amide bonds. The van der Waals surface area contributed by atoms with E-state index in [0.29, 0.717) is 0 Å². The lowest BCUT2D eigenvalue weighted by molar-refractivity contribution is -0.146. The summed E-state index contributed by atoms with van der Waals surface area (Å²) in [5.41, 5.74) is -1.11. The zero-order valence-electron chi connectivity index (χ0n) is 9.70. The van der Waals surface area contributed by atoms with Crippen LogP contribution >= 0.6 is 0 Å². The molecule has 0 aromatic heterocycles. The van der Waals surface area contributed by atoms with Crippen LogP contribution in [0.15, 0.2) is 0 Å². The lowest BCUT2D eigenvalue weighted by Gasteiger charge is -2.31. The van der Waals surface area contributed by atoms with Gasteiger partial charge < -0.3 is 14.2 Å². The van der Waals surface area contributed by atoms with Crippen molar-refractivity contribution in [3.05, 3.63) is 0 Å². The highest BCUT2D eigenvalue weighted by Gasteiger charge is 2.73. The maximum absolute atomic E-state index is 11.6. The first-order valence-corrected chi connectivity index (χ1v) is 5.37. The highest BCUT2D eigenvalue weighted by Crippen LogP contribution is 2.56. The molecular weight excluding hydrogens is 196 g/mol. The van der Waals surface area contributed by atoms with Gasteiger partial charge in [0.2, 0.25) is 0 Å². The molecule has 2 fully saturated rings. The highest BCUT2D eigenvalue weighted by atomic mass is 16.7. The Bertz CT molecular complexity index is 278. The predicted molar refractivity (Wildman–Crippen MR) is 53.5 cm³/mol. The Labute approximate surface area is 89.9 Å². The first-order valence-electron chi connectivity index (χ1n) is 5.37. The number of hydrogen-bond acceptors (Lipinski definition) is 4. The van der Waals surface area contributed by atoms with E-state index >= 15 is 0 Å². The van der Waals surface area contributed by atoms with Crippen LogP contribution in [0.3, 0.4) is 0 Å². The molecule has 0 N–H and O–H groups in total. The molecule has 2 aliphatic rings. The molecule has 86 valence electrons. The van der Waals surface area contributed by atoms with Crippen LogP contribution in [0.5, 0.6) is 0 Å². The summed E-state index contributed by atoms with van der Waals surface area (Å²) < 4.78 is 16.1. The van der Waals surface area contributed by atoms with E-state index in [1.54, 1.807) is 0 Å². The molecule has 0 aromatic rings. The zero-order valence-corrected chi connectivity index (χ0v) is 9.70. The molecule has 0 saturated carbocycles. The Hall–Kier alpha value is -0.610. The van der Waals surface area contributed by atoms with Crippen molar-refractivity contribution >= 4 is 5.97 Å². The number of carbonyl (C=O) groups is 1. The van der Waals surface area contributed by atoms with E-state index in [9.17, 15) is 4.79 Å². The molecule has 1 spiro atoms. The lowest BCUT2D eigenvalue weighted by atomic mass is 9.83. The van der Waals surface area contributed by atoms with Crippen molar-refractivity contribution in [3.63, 3.8) is 0 Å². The lowest BCUT2D eigenvalue weighted by Crippen LogP contribution is -2.42. The van der Waals surface area contributed by atoms with Crippen LogP contribution in [0.4, 0.5) is 0 Å². The molecule has 15 heavy (non-hydrogen) atoms. The van der Waals surface area contributed by atoms with Crippen molar-refractivity contribution in [1.29, 1.82) is 0 Å². The number of epoxide rings is 1. The Kier molecular flexibility index (Phi) is 2.32. The van der Waals surface area contributed by atoms with Crippen molar-refractivity contribution in [3.8, 4) is 0 Å². The van der Waals surface area contributed by atoms with Crippen LogP contribution in [-0.2, 0) is 19.0 Å². The van der Waals surface area contributed by atoms with Gasteiger partial charge in [-0.05, 0) is 20.8 Å². The van der Waals surface area contributed by atoms with Crippen molar-refractivity contribution < 1.29 is 19.0 Å². The van der Waals surface area contributed by atoms with Gasteiger partial charge in [0.1, 0.15) is 5.60 Å². The summed E-state index contributed by atoms with van der Waals surface area (Å²) in [5, 5.41) is 0. The minimum atomic E-state index is -0.756. The Balaban J connectivity index is 2.14. The molecule has 3 unspecified atom stereocenters. The van der Waals surface area contributed by atoms with Crippen LogP contribution in [0.1, 0.15) is 33.6 Å². The number of methoxy groups -OCH3 is 1. The summed E-state index contributed by atoms with van der Waals surface area (Å²) >= 11 is 0. The smallest absolute Gasteiger partial charge is 0.340 e. The Morgan fingerprint density at radius 3 is 2.33 bits per heavy atom. The quantitative estimate of drug-likeness (QED) is 0.487. The highest BCUT2D eigenvalue weighted by molar-refractivity contribution is 5.84. The molecule has 0 aromatic carbocycles. The van der Waals surface area contributed by atoms with Gasteiger partial charge in [0.05, 0.1) is 19.3 Å². The van der Waals surface area contributed by atoms with Gasteiger partial charge >= 0.3 is 5.97 Å². The van der Waals surface area contributed by atoms with Gasteiger partial charge in [0.15, 0.2) is 5.60 Å². The molecule has 4 nitrogen and oxygen atoms in total. The average Bonchev–Trinajstić information content (AvgIpc) is 2.68. The van der Waals surface area contributed by atoms with Crippen molar-refractivity contribution in [2.24, 2.45) is 0 Å². The third kappa shape index (κ3) is 1.47. The van der Waals surface area contributed by atoms with Gasteiger partial charge in [-0.3, -0.25) is 0 Å². The van der Waals surface area contributed by atoms with E-state index in [1.807, 2.05) is 20.8 Å². The predicted octanol–water partition coefficient (Wildman–Crippen LogP) is 1.27. The molecule has 4 heteroatoms. The van der Waals surface area contributed by atoms with Crippen molar-refractivity contribution in [2.75, 3.05) is 7.11 Å². The molecule has 0 aliphatic carbocycles. The second-order valence-electron chi connectivity index (χ2n) is 4.79. The standard InChI is InChI=1S/C11H18O4/c1-7-5-11(6-8(2)14-7)10(3,15-11)9(12)13-4/h7-8H,5-6H2,1-4H3. The third-order valence-corrected chi connectivity index (χ3v) is 3.50. The summed E-state index contributed by atoms with van der Waals surface area (Å²) in [4.78, 5) is 11.6. The molecule has 2 heterocycles. The number of carbonyl (C=O) groups excluding carboxylic acids is 1. The first kappa shape index (κ1) is 10.9. The number of rotatable bonds is 1. The number of ether oxygens (including phenoxy) is 3. The normalized spacial score (nSPS) is 49.1. The summed E-state index contributed by atoms with van der Waals surface area (Å²) in [7, 11) is 1.40. The fraction of sp³-hybridized carbons (Fsp3) is 0.909. The molecule has 2 aliphatic heterocycles. The number of esters is 1. The fourth-order valence-corrected chi connectivity index (χ4v) is 2.77. The van der Waals surface area contributed by atoms with Gasteiger partial charge in [0.25, 0.3) is 0 Å². The second-order valence-corrected chi connectivity index (χ2v) is 4.79. The van der Waals surface area contributed by atoms with Crippen LogP contribution in [0.25, 0.3) is 0 Å². The second kappa shape index (κ2) is 3.19. The Morgan fingerprint density at radius 2 is 1.87 bits per heavy atom. The average molecular weight is 214 g/mol. The van der Waals surface area contributed by atoms with Crippen molar-refractivity contribution in [1.82, 2.24) is 0 Å². The Morgan fingerprint density at radius 1 is 1.33 bits per heavy atom. The van der Waals surface area contributed by atoms with Gasteiger partial charge in [-0.25, -0.2) is 4.79 Å². The summed E-state index contributed by atoms with van der Waals surface area (Å²) in [6.45, 7) is 5.83. The van der Waals surface area contributed by atoms with Crippen LogP contribution in [0.2, 0.25) is 0 Å². The summed E-state index contributed by atoms with van der Waals surface area (Å²) in [6.07, 6.45) is 1.81.